The minimum absolute atomic E-state index is 0.183. The van der Waals surface area contributed by atoms with E-state index in [1.165, 1.54) is 18.6 Å². The molecule has 0 aromatic rings. The first-order chi connectivity index (χ1) is 6.14. The van der Waals surface area contributed by atoms with E-state index in [0.717, 1.165) is 11.8 Å². The summed E-state index contributed by atoms with van der Waals surface area (Å²) >= 11 is 1.66. The molecule has 0 aromatic heterocycles. The largest absolute Gasteiger partial charge is 0.296 e. The van der Waals surface area contributed by atoms with Gasteiger partial charge in [-0.15, -0.1) is 0 Å². The Balaban J connectivity index is 2.33. The van der Waals surface area contributed by atoms with E-state index in [-0.39, 0.29) is 5.54 Å². The smallest absolute Gasteiger partial charge is 0.0647 e. The van der Waals surface area contributed by atoms with Gasteiger partial charge < -0.3 is 0 Å². The lowest BCUT2D eigenvalue weighted by molar-refractivity contribution is 0.275. The lowest BCUT2D eigenvalue weighted by Crippen LogP contribution is -2.59. The van der Waals surface area contributed by atoms with Crippen molar-refractivity contribution in [1.29, 1.82) is 0 Å². The Bertz CT molecular complexity index is 239. The van der Waals surface area contributed by atoms with Gasteiger partial charge in [-0.2, -0.15) is 0 Å². The summed E-state index contributed by atoms with van der Waals surface area (Å²) < 4.78 is 4.63. The molecule has 13 heavy (non-hydrogen) atoms. The first-order valence-corrected chi connectivity index (χ1v) is 6.04. The summed E-state index contributed by atoms with van der Waals surface area (Å²) in [7, 11) is 0. The maximum atomic E-state index is 4.63. The molecular formula is C10H18N2S. The van der Waals surface area contributed by atoms with Crippen molar-refractivity contribution >= 4 is 17.7 Å². The highest BCUT2D eigenvalue weighted by molar-refractivity contribution is 7.98. The van der Waals surface area contributed by atoms with Crippen molar-refractivity contribution in [2.24, 2.45) is 16.2 Å². The molecule has 2 nitrogen and oxygen atoms in total. The van der Waals surface area contributed by atoms with Crippen molar-refractivity contribution in [3.63, 3.8) is 0 Å². The third-order valence-corrected chi connectivity index (χ3v) is 4.28. The monoisotopic (exact) mass is 198 g/mol. The summed E-state index contributed by atoms with van der Waals surface area (Å²) in [4.78, 5) is 0. The predicted octanol–water partition coefficient (Wildman–Crippen LogP) is 2.46. The van der Waals surface area contributed by atoms with Crippen LogP contribution in [-0.4, -0.2) is 17.1 Å². The van der Waals surface area contributed by atoms with Crippen molar-refractivity contribution in [2.75, 3.05) is 5.88 Å². The van der Waals surface area contributed by atoms with Gasteiger partial charge in [-0.25, -0.2) is 4.40 Å². The molecular weight excluding hydrogens is 180 g/mol. The number of nitrogens with one attached hydrogen (secondary N) is 1. The second-order valence-corrected chi connectivity index (χ2v) is 5.24. The zero-order valence-corrected chi connectivity index (χ0v) is 9.45. The molecule has 0 radical (unpaired) electrons. The van der Waals surface area contributed by atoms with E-state index in [2.05, 4.69) is 30.5 Å². The Labute approximate surface area is 84.7 Å². The molecule has 0 aromatic carbocycles. The first kappa shape index (κ1) is 9.53. The molecule has 3 atom stereocenters. The van der Waals surface area contributed by atoms with Gasteiger partial charge in [0.2, 0.25) is 0 Å². The molecule has 1 N–H and O–H groups in total. The third-order valence-electron chi connectivity index (χ3n) is 3.68. The average molecular weight is 198 g/mol. The topological polar surface area (TPSA) is 24.4 Å². The molecule has 2 rings (SSSR count). The van der Waals surface area contributed by atoms with Gasteiger partial charge in [0.1, 0.15) is 0 Å². The predicted molar refractivity (Wildman–Crippen MR) is 59.0 cm³/mol. The normalized spacial score (nSPS) is 45.3. The molecule has 3 unspecified atom stereocenters. The SMILES string of the molecule is CC1CCC(C)C2(C)NCSN=C12. The van der Waals surface area contributed by atoms with Crippen molar-refractivity contribution in [2.45, 2.75) is 39.2 Å². The Morgan fingerprint density at radius 1 is 1.46 bits per heavy atom. The Morgan fingerprint density at radius 2 is 2.23 bits per heavy atom. The lowest BCUT2D eigenvalue weighted by Gasteiger charge is -2.46. The highest BCUT2D eigenvalue weighted by Crippen LogP contribution is 2.37. The van der Waals surface area contributed by atoms with Crippen LogP contribution in [0.4, 0.5) is 0 Å². The maximum Gasteiger partial charge on any atom is 0.0647 e. The van der Waals surface area contributed by atoms with Gasteiger partial charge in [0, 0.05) is 5.71 Å². The molecule has 1 fully saturated rings. The van der Waals surface area contributed by atoms with E-state index in [0.29, 0.717) is 5.92 Å². The zero-order chi connectivity index (χ0) is 9.47. The number of hydrogen-bond donors (Lipinski definition) is 1. The summed E-state index contributed by atoms with van der Waals surface area (Å²) in [5.74, 6) is 2.36. The quantitative estimate of drug-likeness (QED) is 0.605. The van der Waals surface area contributed by atoms with Crippen LogP contribution in [0.1, 0.15) is 33.6 Å². The van der Waals surface area contributed by atoms with Crippen LogP contribution in [-0.2, 0) is 0 Å². The van der Waals surface area contributed by atoms with E-state index in [1.807, 2.05) is 0 Å². The first-order valence-electron chi connectivity index (χ1n) is 5.10. The van der Waals surface area contributed by atoms with Crippen LogP contribution in [0.3, 0.4) is 0 Å². The number of fused-ring (bicyclic) bond motifs is 1. The van der Waals surface area contributed by atoms with Crippen LogP contribution >= 0.6 is 11.9 Å². The van der Waals surface area contributed by atoms with Crippen LogP contribution in [0.25, 0.3) is 0 Å². The van der Waals surface area contributed by atoms with Crippen molar-refractivity contribution in [3.8, 4) is 0 Å². The number of hydrogen-bond acceptors (Lipinski definition) is 3. The Kier molecular flexibility index (Phi) is 2.41. The van der Waals surface area contributed by atoms with Crippen molar-refractivity contribution in [1.82, 2.24) is 5.32 Å². The Morgan fingerprint density at radius 3 is 2.92 bits per heavy atom. The van der Waals surface area contributed by atoms with Crippen molar-refractivity contribution < 1.29 is 0 Å². The van der Waals surface area contributed by atoms with Crippen LogP contribution in [0, 0.1) is 11.8 Å². The van der Waals surface area contributed by atoms with Gasteiger partial charge in [0.05, 0.1) is 11.4 Å². The Hall–Kier alpha value is -0.0200. The van der Waals surface area contributed by atoms with Crippen molar-refractivity contribution in [3.05, 3.63) is 0 Å². The van der Waals surface area contributed by atoms with Crippen LogP contribution in [0.2, 0.25) is 0 Å². The fourth-order valence-corrected chi connectivity index (χ4v) is 3.36. The van der Waals surface area contributed by atoms with Gasteiger partial charge in [-0.1, -0.05) is 13.8 Å². The van der Waals surface area contributed by atoms with Gasteiger partial charge in [0.15, 0.2) is 0 Å². The molecule has 74 valence electrons. The summed E-state index contributed by atoms with van der Waals surface area (Å²) in [6, 6.07) is 0. The van der Waals surface area contributed by atoms with E-state index < -0.39 is 0 Å². The molecule has 1 saturated carbocycles. The second-order valence-electron chi connectivity index (χ2n) is 4.51. The van der Waals surface area contributed by atoms with Gasteiger partial charge in [-0.3, -0.25) is 5.32 Å². The van der Waals surface area contributed by atoms with Gasteiger partial charge >= 0.3 is 0 Å². The van der Waals surface area contributed by atoms with Crippen LogP contribution in [0.15, 0.2) is 4.40 Å². The fraction of sp³-hybridized carbons (Fsp3) is 0.900. The third kappa shape index (κ3) is 1.42. The molecule has 1 heterocycles. The minimum atomic E-state index is 0.183. The second kappa shape index (κ2) is 3.28. The molecule has 0 bridgehead atoms. The van der Waals surface area contributed by atoms with Gasteiger partial charge in [-0.05, 0) is 43.5 Å². The van der Waals surface area contributed by atoms with Crippen LogP contribution < -0.4 is 5.32 Å². The average Bonchev–Trinajstić information content (AvgIpc) is 2.12. The maximum absolute atomic E-state index is 4.63. The summed E-state index contributed by atoms with van der Waals surface area (Å²) in [5, 5.41) is 3.61. The van der Waals surface area contributed by atoms with E-state index in [1.54, 1.807) is 11.9 Å². The number of nitrogens with zero attached hydrogens (tertiary/aromatic N) is 1. The summed E-state index contributed by atoms with van der Waals surface area (Å²) in [5.41, 5.74) is 1.57. The van der Waals surface area contributed by atoms with E-state index in [9.17, 15) is 0 Å². The molecule has 1 aliphatic heterocycles. The molecule has 3 heteroatoms. The molecule has 0 amide bonds. The lowest BCUT2D eigenvalue weighted by atomic mass is 9.69. The molecule has 2 aliphatic rings. The van der Waals surface area contributed by atoms with E-state index in [4.69, 9.17) is 0 Å². The van der Waals surface area contributed by atoms with E-state index >= 15 is 0 Å². The highest BCUT2D eigenvalue weighted by atomic mass is 32.2. The van der Waals surface area contributed by atoms with Crippen LogP contribution in [0.5, 0.6) is 0 Å². The fourth-order valence-electron chi connectivity index (χ4n) is 2.42. The highest BCUT2D eigenvalue weighted by Gasteiger charge is 2.43. The summed E-state index contributed by atoms with van der Waals surface area (Å²) in [6.45, 7) is 6.95. The minimum Gasteiger partial charge on any atom is -0.296 e. The van der Waals surface area contributed by atoms with Gasteiger partial charge in [0.25, 0.3) is 0 Å². The standard InChI is InChI=1S/C10H18N2S/c1-7-4-5-8(2)10(3)9(7)12-13-6-11-10/h7-8,11H,4-6H2,1-3H3. The number of rotatable bonds is 0. The molecule has 0 spiro atoms. The zero-order valence-electron chi connectivity index (χ0n) is 8.63. The summed E-state index contributed by atoms with van der Waals surface area (Å²) in [6.07, 6.45) is 2.63. The molecule has 0 saturated heterocycles. The molecule has 1 aliphatic carbocycles.